The summed E-state index contributed by atoms with van der Waals surface area (Å²) >= 11 is 0. The van der Waals surface area contributed by atoms with Gasteiger partial charge in [-0.25, -0.2) is 9.13 Å². The van der Waals surface area contributed by atoms with Crippen LogP contribution in [0.2, 0.25) is 0 Å². The van der Waals surface area contributed by atoms with E-state index >= 15 is 0 Å². The van der Waals surface area contributed by atoms with Crippen LogP contribution in [-0.2, 0) is 65.4 Å². The summed E-state index contributed by atoms with van der Waals surface area (Å²) < 4.78 is 68.8. The number of phosphoric ester groups is 2. The largest absolute Gasteiger partial charge is 0.472 e. The molecule has 618 valence electrons. The molecule has 0 bridgehead atoms. The predicted octanol–water partition coefficient (Wildman–Crippen LogP) is 25.6. The zero-order valence-electron chi connectivity index (χ0n) is 68.7. The lowest BCUT2D eigenvalue weighted by molar-refractivity contribution is -0.161. The minimum atomic E-state index is -4.97. The van der Waals surface area contributed by atoms with Crippen LogP contribution in [0.5, 0.6) is 0 Å². The number of hydrogen-bond donors (Lipinski definition) is 3. The Labute approximate surface area is 638 Å². The summed E-state index contributed by atoms with van der Waals surface area (Å²) in [4.78, 5) is 73.2. The van der Waals surface area contributed by atoms with Crippen molar-refractivity contribution in [1.82, 2.24) is 0 Å². The van der Waals surface area contributed by atoms with Crippen LogP contribution in [0.4, 0.5) is 0 Å². The second kappa shape index (κ2) is 73.8. The number of aliphatic hydroxyl groups is 1. The van der Waals surface area contributed by atoms with E-state index in [4.69, 9.17) is 37.0 Å². The van der Waals surface area contributed by atoms with Crippen LogP contribution < -0.4 is 0 Å². The molecular weight excluding hydrogens is 1350 g/mol. The maximum Gasteiger partial charge on any atom is 0.472 e. The Hall–Kier alpha value is -1.94. The maximum atomic E-state index is 13.1. The van der Waals surface area contributed by atoms with Crippen molar-refractivity contribution in [2.24, 2.45) is 23.7 Å². The van der Waals surface area contributed by atoms with Gasteiger partial charge in [-0.1, -0.05) is 389 Å². The van der Waals surface area contributed by atoms with Gasteiger partial charge in [-0.3, -0.25) is 37.3 Å². The summed E-state index contributed by atoms with van der Waals surface area (Å²) in [6, 6.07) is 0. The SMILES string of the molecule is CCC(C)CCCCCCCCCCCCCCCCCCCCC(=O)OC[C@H](COP(=O)(O)OC[C@@H](O)COP(=O)(O)OC[C@@H](COC(=O)CCCCCCCCC(C)CC)OC(=O)CCCCCCCCCCCCCC(C)C)OC(=O)CCCCCCCCCCCCCCCCC(C)CC. The third-order valence-corrected chi connectivity index (χ3v) is 22.8. The number of carbonyl (C=O) groups excluding carboxylic acids is 4. The molecule has 0 radical (unpaired) electrons. The number of esters is 4. The van der Waals surface area contributed by atoms with Crippen molar-refractivity contribution in [2.75, 3.05) is 39.6 Å². The standard InChI is InChI=1S/C85H166O17P2/c1-9-76(6)62-54-46-38-32-26-20-16-14-12-13-15-17-22-28-34-40-49-57-65-82(87)95-71-80(101-84(89)67-59-51-41-35-29-23-19-18-21-27-33-39-47-55-63-77(7)10-2)73-99-103(91,92)97-69-79(86)70-98-104(93,94)100-74-81(72-96-83(88)66-58-50-44-43-48-56-64-78(8)11-3)102-85(90)68-60-52-42-36-30-24-25-31-37-45-53-61-75(4)5/h75-81,86H,9-74H2,1-8H3,(H,91,92)(H,93,94)/t76?,77?,78?,79-,80-,81-/m1/s1. The molecule has 19 heteroatoms. The molecule has 0 spiro atoms. The van der Waals surface area contributed by atoms with Crippen molar-refractivity contribution in [3.8, 4) is 0 Å². The quantitative estimate of drug-likeness (QED) is 0.0222. The highest BCUT2D eigenvalue weighted by atomic mass is 31.2. The van der Waals surface area contributed by atoms with E-state index in [1.54, 1.807) is 0 Å². The summed E-state index contributed by atoms with van der Waals surface area (Å²) in [6.45, 7) is 14.4. The van der Waals surface area contributed by atoms with Gasteiger partial charge in [-0.15, -0.1) is 0 Å². The molecule has 0 aromatic carbocycles. The molecule has 0 heterocycles. The van der Waals surface area contributed by atoms with Crippen LogP contribution in [0.25, 0.3) is 0 Å². The maximum absolute atomic E-state index is 13.1. The van der Waals surface area contributed by atoms with E-state index in [1.165, 1.54) is 238 Å². The molecule has 0 saturated heterocycles. The molecular formula is C85H166O17P2. The summed E-state index contributed by atoms with van der Waals surface area (Å²) in [5.41, 5.74) is 0. The molecule has 0 amide bonds. The highest BCUT2D eigenvalue weighted by Crippen LogP contribution is 2.45. The molecule has 0 aromatic heterocycles. The Balaban J connectivity index is 5.22. The smallest absolute Gasteiger partial charge is 0.462 e. The third-order valence-electron chi connectivity index (χ3n) is 20.9. The van der Waals surface area contributed by atoms with Gasteiger partial charge in [0.05, 0.1) is 26.4 Å². The van der Waals surface area contributed by atoms with Crippen molar-refractivity contribution in [3.63, 3.8) is 0 Å². The first-order valence-corrected chi connectivity index (χ1v) is 46.8. The lowest BCUT2D eigenvalue weighted by atomic mass is 9.99. The van der Waals surface area contributed by atoms with Gasteiger partial charge < -0.3 is 33.8 Å². The molecule has 0 aliphatic heterocycles. The number of aliphatic hydroxyl groups excluding tert-OH is 1. The molecule has 5 unspecified atom stereocenters. The fraction of sp³-hybridized carbons (Fsp3) is 0.953. The minimum absolute atomic E-state index is 0.105. The van der Waals surface area contributed by atoms with Crippen molar-refractivity contribution >= 4 is 39.5 Å². The lowest BCUT2D eigenvalue weighted by Gasteiger charge is -2.21. The fourth-order valence-electron chi connectivity index (χ4n) is 13.0. The third kappa shape index (κ3) is 74.2. The van der Waals surface area contributed by atoms with Crippen LogP contribution in [0.15, 0.2) is 0 Å². The fourth-order valence-corrected chi connectivity index (χ4v) is 14.6. The molecule has 8 atom stereocenters. The molecule has 0 saturated carbocycles. The zero-order valence-corrected chi connectivity index (χ0v) is 70.5. The zero-order chi connectivity index (χ0) is 76.7. The van der Waals surface area contributed by atoms with Crippen molar-refractivity contribution < 1.29 is 80.2 Å². The Kier molecular flexibility index (Phi) is 72.5. The molecule has 17 nitrogen and oxygen atoms in total. The van der Waals surface area contributed by atoms with Gasteiger partial charge in [0.2, 0.25) is 0 Å². The number of rotatable bonds is 82. The van der Waals surface area contributed by atoms with E-state index < -0.39 is 97.5 Å². The Morgan fingerprint density at radius 2 is 0.462 bits per heavy atom. The second-order valence-electron chi connectivity index (χ2n) is 31.8. The molecule has 0 aromatic rings. The molecule has 3 N–H and O–H groups in total. The molecule has 0 aliphatic carbocycles. The summed E-state index contributed by atoms with van der Waals surface area (Å²) in [5, 5.41) is 10.7. The van der Waals surface area contributed by atoms with Gasteiger partial charge in [0.15, 0.2) is 12.2 Å². The second-order valence-corrected chi connectivity index (χ2v) is 34.7. The number of phosphoric acid groups is 2. The van der Waals surface area contributed by atoms with E-state index in [2.05, 4.69) is 55.4 Å². The van der Waals surface area contributed by atoms with Gasteiger partial charge in [0, 0.05) is 25.7 Å². The van der Waals surface area contributed by atoms with E-state index in [0.717, 1.165) is 120 Å². The Morgan fingerprint density at radius 1 is 0.269 bits per heavy atom. The van der Waals surface area contributed by atoms with Crippen LogP contribution in [0, 0.1) is 23.7 Å². The molecule has 0 aliphatic rings. The summed E-state index contributed by atoms with van der Waals surface area (Å²) in [5.74, 6) is 1.10. The molecule has 0 fully saturated rings. The lowest BCUT2D eigenvalue weighted by Crippen LogP contribution is -2.30. The van der Waals surface area contributed by atoms with Crippen LogP contribution in [-0.4, -0.2) is 96.7 Å². The van der Waals surface area contributed by atoms with Crippen molar-refractivity contribution in [3.05, 3.63) is 0 Å². The van der Waals surface area contributed by atoms with Crippen LogP contribution >= 0.6 is 15.6 Å². The van der Waals surface area contributed by atoms with E-state index in [9.17, 15) is 43.2 Å². The first-order chi connectivity index (χ1) is 50.2. The van der Waals surface area contributed by atoms with Crippen molar-refractivity contribution in [2.45, 2.75) is 459 Å². The van der Waals surface area contributed by atoms with Gasteiger partial charge >= 0.3 is 39.5 Å². The number of carbonyl (C=O) groups is 4. The highest BCUT2D eigenvalue weighted by molar-refractivity contribution is 7.47. The van der Waals surface area contributed by atoms with E-state index in [0.29, 0.717) is 25.7 Å². The van der Waals surface area contributed by atoms with E-state index in [1.807, 2.05) is 0 Å². The van der Waals surface area contributed by atoms with Gasteiger partial charge in [-0.05, 0) is 49.4 Å². The minimum Gasteiger partial charge on any atom is -0.462 e. The Morgan fingerprint density at radius 3 is 0.683 bits per heavy atom. The molecule has 0 rings (SSSR count). The number of ether oxygens (including phenoxy) is 4. The number of unbranched alkanes of at least 4 members (excludes halogenated alkanes) is 45. The van der Waals surface area contributed by atoms with Crippen LogP contribution in [0.1, 0.15) is 441 Å². The normalized spacial score (nSPS) is 14.7. The van der Waals surface area contributed by atoms with Crippen molar-refractivity contribution in [1.29, 1.82) is 0 Å². The topological polar surface area (TPSA) is 237 Å². The monoisotopic (exact) mass is 1520 g/mol. The summed E-state index contributed by atoms with van der Waals surface area (Å²) in [7, 11) is -9.93. The number of hydrogen-bond acceptors (Lipinski definition) is 15. The van der Waals surface area contributed by atoms with Gasteiger partial charge in [0.1, 0.15) is 19.3 Å². The first-order valence-electron chi connectivity index (χ1n) is 43.8. The average Bonchev–Trinajstić information content (AvgIpc) is 0.904. The van der Waals surface area contributed by atoms with Gasteiger partial charge in [0.25, 0.3) is 0 Å². The van der Waals surface area contributed by atoms with E-state index in [-0.39, 0.29) is 25.7 Å². The predicted molar refractivity (Wildman–Crippen MR) is 428 cm³/mol. The molecule has 104 heavy (non-hydrogen) atoms. The highest BCUT2D eigenvalue weighted by Gasteiger charge is 2.31. The first kappa shape index (κ1) is 102. The Bertz CT molecular complexity index is 2030. The van der Waals surface area contributed by atoms with Gasteiger partial charge in [-0.2, -0.15) is 0 Å². The van der Waals surface area contributed by atoms with Crippen LogP contribution in [0.3, 0.4) is 0 Å². The summed E-state index contributed by atoms with van der Waals surface area (Å²) in [6.07, 6.45) is 62.4. The average molecular weight is 1520 g/mol.